The minimum Gasteiger partial charge on any atom is -0.314 e. The molecule has 2 aliphatic rings. The first-order valence-corrected chi connectivity index (χ1v) is 8.65. The van der Waals surface area contributed by atoms with Gasteiger partial charge in [-0.05, 0) is 81.0 Å². The highest BCUT2D eigenvalue weighted by Gasteiger charge is 2.33. The van der Waals surface area contributed by atoms with E-state index in [4.69, 9.17) is 0 Å². The van der Waals surface area contributed by atoms with E-state index in [1.54, 1.807) is 6.07 Å². The van der Waals surface area contributed by atoms with E-state index in [0.717, 1.165) is 18.0 Å². The third-order valence-electron chi connectivity index (χ3n) is 5.50. The topological polar surface area (TPSA) is 12.0 Å². The number of nitrogens with one attached hydrogen (secondary N) is 1. The second-order valence-corrected chi connectivity index (χ2v) is 7.27. The first kappa shape index (κ1) is 15.0. The maximum absolute atomic E-state index is 13.4. The second-order valence-electron chi connectivity index (χ2n) is 7.27. The van der Waals surface area contributed by atoms with Gasteiger partial charge >= 0.3 is 0 Å². The summed E-state index contributed by atoms with van der Waals surface area (Å²) >= 11 is 0. The summed E-state index contributed by atoms with van der Waals surface area (Å²) in [6.45, 7) is 3.05. The molecule has 0 spiro atoms. The van der Waals surface area contributed by atoms with Crippen molar-refractivity contribution in [1.82, 2.24) is 5.32 Å². The minimum absolute atomic E-state index is 0.0806. The molecule has 0 bridgehead atoms. The highest BCUT2D eigenvalue weighted by molar-refractivity contribution is 5.24. The summed E-state index contributed by atoms with van der Waals surface area (Å²) in [6, 6.07) is 6.44. The zero-order valence-corrected chi connectivity index (χ0v) is 13.3. The number of aryl methyl sites for hydroxylation is 2. The van der Waals surface area contributed by atoms with Crippen LogP contribution in [0, 0.1) is 18.2 Å². The Hall–Kier alpha value is -0.890. The smallest absolute Gasteiger partial charge is 0.126 e. The molecule has 21 heavy (non-hydrogen) atoms. The van der Waals surface area contributed by atoms with Crippen molar-refractivity contribution in [2.75, 3.05) is 6.54 Å². The molecule has 3 rings (SSSR count). The van der Waals surface area contributed by atoms with E-state index in [2.05, 4.69) is 5.32 Å². The molecule has 116 valence electrons. The fourth-order valence-electron chi connectivity index (χ4n) is 3.85. The third kappa shape index (κ3) is 4.06. The lowest BCUT2D eigenvalue weighted by Gasteiger charge is -2.29. The van der Waals surface area contributed by atoms with Crippen LogP contribution in [0.5, 0.6) is 0 Å². The summed E-state index contributed by atoms with van der Waals surface area (Å²) in [5.41, 5.74) is 2.63. The molecule has 1 N–H and O–H groups in total. The summed E-state index contributed by atoms with van der Waals surface area (Å²) in [4.78, 5) is 0. The lowest BCUT2D eigenvalue weighted by molar-refractivity contribution is 0.245. The summed E-state index contributed by atoms with van der Waals surface area (Å²) in [7, 11) is 0. The Balaban J connectivity index is 1.54. The Morgan fingerprint density at radius 1 is 1.19 bits per heavy atom. The van der Waals surface area contributed by atoms with E-state index in [1.165, 1.54) is 63.5 Å². The van der Waals surface area contributed by atoms with Gasteiger partial charge in [-0.2, -0.15) is 0 Å². The molecule has 0 radical (unpaired) electrons. The Bertz CT molecular complexity index is 472. The van der Waals surface area contributed by atoms with E-state index < -0.39 is 0 Å². The predicted molar refractivity (Wildman–Crippen MR) is 86.0 cm³/mol. The zero-order valence-electron chi connectivity index (χ0n) is 13.3. The molecule has 2 fully saturated rings. The first-order valence-electron chi connectivity index (χ1n) is 8.65. The Morgan fingerprint density at radius 3 is 2.62 bits per heavy atom. The molecule has 0 aromatic heterocycles. The fourth-order valence-corrected chi connectivity index (χ4v) is 3.85. The van der Waals surface area contributed by atoms with Gasteiger partial charge in [0.1, 0.15) is 5.82 Å². The maximum atomic E-state index is 13.4. The SMILES string of the molecule is Cc1cc(CCC2(CCNC3CC3)CCCC2)ccc1F. The molecule has 0 amide bonds. The highest BCUT2D eigenvalue weighted by Crippen LogP contribution is 2.44. The van der Waals surface area contributed by atoms with Crippen LogP contribution in [0.4, 0.5) is 4.39 Å². The second kappa shape index (κ2) is 6.48. The van der Waals surface area contributed by atoms with Crippen LogP contribution in [0.3, 0.4) is 0 Å². The molecule has 0 aliphatic heterocycles. The monoisotopic (exact) mass is 289 g/mol. The van der Waals surface area contributed by atoms with Gasteiger partial charge in [-0.1, -0.05) is 25.0 Å². The molecule has 2 aliphatic carbocycles. The molecular formula is C19H28FN. The predicted octanol–water partition coefficient (Wildman–Crippen LogP) is 4.77. The molecular weight excluding hydrogens is 261 g/mol. The number of halogens is 1. The van der Waals surface area contributed by atoms with Crippen molar-refractivity contribution >= 4 is 0 Å². The number of rotatable bonds is 7. The van der Waals surface area contributed by atoms with Crippen LogP contribution in [-0.2, 0) is 6.42 Å². The summed E-state index contributed by atoms with van der Waals surface area (Å²) < 4.78 is 13.4. The summed E-state index contributed by atoms with van der Waals surface area (Å²) in [5, 5.41) is 3.67. The van der Waals surface area contributed by atoms with E-state index in [1.807, 2.05) is 19.1 Å². The molecule has 1 nitrogen and oxygen atoms in total. The van der Waals surface area contributed by atoms with Crippen molar-refractivity contribution in [3.63, 3.8) is 0 Å². The quantitative estimate of drug-likeness (QED) is 0.762. The fraction of sp³-hybridized carbons (Fsp3) is 0.684. The van der Waals surface area contributed by atoms with Crippen molar-refractivity contribution in [1.29, 1.82) is 0 Å². The molecule has 2 heteroatoms. The third-order valence-corrected chi connectivity index (χ3v) is 5.50. The lowest BCUT2D eigenvalue weighted by atomic mass is 9.77. The molecule has 0 unspecified atom stereocenters. The van der Waals surface area contributed by atoms with Gasteiger partial charge in [0.25, 0.3) is 0 Å². The Labute approximate surface area is 128 Å². The standard InChI is InChI=1S/C19H28FN/c1-15-14-16(4-7-18(15)20)8-11-19(9-2-3-10-19)12-13-21-17-5-6-17/h4,7,14,17,21H,2-3,5-6,8-13H2,1H3. The van der Waals surface area contributed by atoms with Gasteiger partial charge in [-0.25, -0.2) is 4.39 Å². The number of benzene rings is 1. The van der Waals surface area contributed by atoms with Gasteiger partial charge in [-0.3, -0.25) is 0 Å². The van der Waals surface area contributed by atoms with Gasteiger partial charge in [0.05, 0.1) is 0 Å². The summed E-state index contributed by atoms with van der Waals surface area (Å²) in [6.07, 6.45) is 12.0. The lowest BCUT2D eigenvalue weighted by Crippen LogP contribution is -2.26. The van der Waals surface area contributed by atoms with Crippen LogP contribution >= 0.6 is 0 Å². The van der Waals surface area contributed by atoms with Crippen molar-refractivity contribution in [3.8, 4) is 0 Å². The Kier molecular flexibility index (Phi) is 4.63. The molecule has 1 aromatic rings. The van der Waals surface area contributed by atoms with Crippen LogP contribution in [0.25, 0.3) is 0 Å². The molecule has 0 heterocycles. The molecule has 0 saturated heterocycles. The van der Waals surface area contributed by atoms with E-state index >= 15 is 0 Å². The average molecular weight is 289 g/mol. The minimum atomic E-state index is -0.0806. The van der Waals surface area contributed by atoms with Crippen molar-refractivity contribution < 1.29 is 4.39 Å². The first-order chi connectivity index (χ1) is 10.2. The van der Waals surface area contributed by atoms with Gasteiger partial charge in [0.15, 0.2) is 0 Å². The molecule has 2 saturated carbocycles. The van der Waals surface area contributed by atoms with E-state index in [-0.39, 0.29) is 5.82 Å². The van der Waals surface area contributed by atoms with Crippen LogP contribution < -0.4 is 5.32 Å². The van der Waals surface area contributed by atoms with E-state index in [0.29, 0.717) is 5.41 Å². The number of hydrogen-bond acceptors (Lipinski definition) is 1. The van der Waals surface area contributed by atoms with Crippen molar-refractivity contribution in [3.05, 3.63) is 35.1 Å². The van der Waals surface area contributed by atoms with Crippen LogP contribution in [-0.4, -0.2) is 12.6 Å². The van der Waals surface area contributed by atoms with Gasteiger partial charge in [-0.15, -0.1) is 0 Å². The average Bonchev–Trinajstić information content (AvgIpc) is 3.18. The van der Waals surface area contributed by atoms with Crippen molar-refractivity contribution in [2.24, 2.45) is 5.41 Å². The molecule has 1 aromatic carbocycles. The number of hydrogen-bond donors (Lipinski definition) is 1. The molecule has 0 atom stereocenters. The van der Waals surface area contributed by atoms with Crippen LogP contribution in [0.1, 0.15) is 62.5 Å². The highest BCUT2D eigenvalue weighted by atomic mass is 19.1. The van der Waals surface area contributed by atoms with Crippen LogP contribution in [0.2, 0.25) is 0 Å². The van der Waals surface area contributed by atoms with Gasteiger partial charge < -0.3 is 5.32 Å². The van der Waals surface area contributed by atoms with Gasteiger partial charge in [0.2, 0.25) is 0 Å². The summed E-state index contributed by atoms with van der Waals surface area (Å²) in [5.74, 6) is -0.0806. The largest absolute Gasteiger partial charge is 0.314 e. The Morgan fingerprint density at radius 2 is 1.95 bits per heavy atom. The van der Waals surface area contributed by atoms with Gasteiger partial charge in [0, 0.05) is 6.04 Å². The van der Waals surface area contributed by atoms with Crippen LogP contribution in [0.15, 0.2) is 18.2 Å². The van der Waals surface area contributed by atoms with E-state index in [9.17, 15) is 4.39 Å². The maximum Gasteiger partial charge on any atom is 0.126 e. The normalized spacial score (nSPS) is 20.9. The zero-order chi connectivity index (χ0) is 14.7. The van der Waals surface area contributed by atoms with Crippen molar-refractivity contribution in [2.45, 2.75) is 70.8 Å².